The van der Waals surface area contributed by atoms with Gasteiger partial charge in [0.05, 0.1) is 23.1 Å². The molecule has 0 aromatic heterocycles. The highest BCUT2D eigenvalue weighted by molar-refractivity contribution is 8.29. The average Bonchev–Trinajstić information content (AvgIpc) is 2.77. The van der Waals surface area contributed by atoms with Crippen molar-refractivity contribution in [2.75, 3.05) is 0 Å². The van der Waals surface area contributed by atoms with Crippen LogP contribution in [0.3, 0.4) is 0 Å². The zero-order valence-corrected chi connectivity index (χ0v) is 17.0. The van der Waals surface area contributed by atoms with Crippen LogP contribution in [0.2, 0.25) is 0 Å². The first-order valence-electron chi connectivity index (χ1n) is 9.11. The van der Waals surface area contributed by atoms with E-state index in [0.29, 0.717) is 8.46 Å². The first-order valence-corrected chi connectivity index (χ1v) is 12.0. The van der Waals surface area contributed by atoms with Crippen molar-refractivity contribution in [3.05, 3.63) is 121 Å². The molecule has 3 heteroatoms. The fraction of sp³-hybridized carbons (Fsp3) is 0. The topological polar surface area (TPSA) is 0 Å². The van der Waals surface area contributed by atoms with Crippen molar-refractivity contribution in [2.45, 2.75) is 0 Å². The summed E-state index contributed by atoms with van der Waals surface area (Å²) in [6.45, 7) is 2.60. The van der Waals surface area contributed by atoms with Gasteiger partial charge in [0.15, 0.2) is 0 Å². The Morgan fingerprint density at radius 1 is 0.444 bits per heavy atom. The highest BCUT2D eigenvalue weighted by Gasteiger charge is 2.46. The molecule has 0 saturated heterocycles. The van der Waals surface area contributed by atoms with E-state index in [9.17, 15) is 0 Å². The van der Waals surface area contributed by atoms with Gasteiger partial charge < -0.3 is 0 Å². The lowest BCUT2D eigenvalue weighted by Gasteiger charge is -2.27. The van der Waals surface area contributed by atoms with Gasteiger partial charge in [0.25, 0.3) is 0 Å². The maximum atomic E-state index is 2.60. The van der Waals surface area contributed by atoms with Gasteiger partial charge in [-0.3, -0.25) is 0 Å². The average molecular weight is 382 g/mol. The van der Waals surface area contributed by atoms with E-state index in [4.69, 9.17) is 0 Å². The van der Waals surface area contributed by atoms with Gasteiger partial charge in [0.1, 0.15) is 0 Å². The molecule has 0 aliphatic heterocycles. The Hall–Kier alpha value is -2.20. The summed E-state index contributed by atoms with van der Waals surface area (Å²) in [7, 11) is -1.17. The molecule has 4 aromatic rings. The summed E-state index contributed by atoms with van der Waals surface area (Å²) in [5, 5.41) is 5.60. The molecular weight excluding hydrogens is 361 g/mol. The number of hydrogen-bond donors (Lipinski definition) is 0. The summed E-state index contributed by atoms with van der Waals surface area (Å²) >= 11 is 0. The van der Waals surface area contributed by atoms with Gasteiger partial charge in [-0.2, -0.15) is 0 Å². The van der Waals surface area contributed by atoms with E-state index < -0.39 is 7.14 Å². The predicted molar refractivity (Wildman–Crippen MR) is 125 cm³/mol. The van der Waals surface area contributed by atoms with Crippen LogP contribution in [0.1, 0.15) is 0 Å². The molecule has 0 fully saturated rings. The Labute approximate surface area is 165 Å². The highest BCUT2D eigenvalue weighted by Crippen LogP contribution is 2.56. The summed E-state index contributed by atoms with van der Waals surface area (Å²) in [5.74, 6) is 0. The lowest BCUT2D eigenvalue weighted by atomic mass is 10.3. The highest BCUT2D eigenvalue weighted by atomic mass is 31.2. The van der Waals surface area contributed by atoms with Crippen LogP contribution in [0.15, 0.2) is 121 Å². The Bertz CT molecular complexity index is 861. The van der Waals surface area contributed by atoms with E-state index in [-0.39, 0.29) is 0 Å². The third-order valence-electron chi connectivity index (χ3n) is 4.69. The second kappa shape index (κ2) is 8.66. The Balaban J connectivity index is 1.89. The zero-order valence-electron chi connectivity index (χ0n) is 15.1. The molecule has 0 aliphatic rings. The molecule has 0 amide bonds. The molecule has 1 atom stereocenters. The molecule has 0 aliphatic carbocycles. The van der Waals surface area contributed by atoms with Crippen LogP contribution >= 0.6 is 15.6 Å². The summed E-state index contributed by atoms with van der Waals surface area (Å²) in [6, 6.07) is 43.8. The van der Waals surface area contributed by atoms with Crippen molar-refractivity contribution in [3.8, 4) is 0 Å². The van der Waals surface area contributed by atoms with Gasteiger partial charge in [0.2, 0.25) is 0 Å². The van der Waals surface area contributed by atoms with Gasteiger partial charge in [-0.15, -0.1) is 0 Å². The number of hydrogen-bond acceptors (Lipinski definition) is 0. The van der Waals surface area contributed by atoms with Crippen molar-refractivity contribution in [1.29, 1.82) is 0 Å². The molecule has 4 rings (SSSR count). The Morgan fingerprint density at radius 3 is 1.15 bits per heavy atom. The van der Waals surface area contributed by atoms with Gasteiger partial charge >= 0.3 is 6.72 Å². The minimum atomic E-state index is -1.83. The van der Waals surface area contributed by atoms with E-state index >= 15 is 0 Å². The van der Waals surface area contributed by atoms with Crippen LogP contribution < -0.4 is 21.2 Å². The van der Waals surface area contributed by atoms with Gasteiger partial charge in [0, 0.05) is 0 Å². The van der Waals surface area contributed by atoms with Crippen LogP contribution in [-0.4, -0.2) is 6.72 Å². The normalized spacial score (nSPS) is 11.6. The van der Waals surface area contributed by atoms with Crippen LogP contribution in [0.25, 0.3) is 0 Å². The maximum absolute atomic E-state index is 2.60. The van der Waals surface area contributed by atoms with Crippen LogP contribution in [0.4, 0.5) is 0 Å². The summed E-state index contributed by atoms with van der Waals surface area (Å²) in [4.78, 5) is 0. The van der Waals surface area contributed by atoms with E-state index in [1.165, 1.54) is 21.2 Å². The summed E-state index contributed by atoms with van der Waals surface area (Å²) in [5.41, 5.74) is 0. The van der Waals surface area contributed by atoms with Gasteiger partial charge in [-0.1, -0.05) is 93.4 Å². The largest absolute Gasteiger partial charge is 0.407 e. The van der Waals surface area contributed by atoms with E-state index in [2.05, 4.69) is 128 Å². The van der Waals surface area contributed by atoms with Gasteiger partial charge in [-0.05, 0) is 41.7 Å². The lowest BCUT2D eigenvalue weighted by Crippen LogP contribution is -2.34. The molecule has 0 nitrogen and oxygen atoms in total. The molecule has 0 heterocycles. The first-order chi connectivity index (χ1) is 13.4. The van der Waals surface area contributed by atoms with Crippen LogP contribution in [0.5, 0.6) is 0 Å². The minimum Gasteiger partial charge on any atom is -0.0776 e. The zero-order chi connectivity index (χ0) is 18.4. The second-order valence-corrected chi connectivity index (χ2v) is 11.3. The third-order valence-corrected chi connectivity index (χ3v) is 10.8. The molecule has 0 bridgehead atoms. The molecule has 1 radical (unpaired) electrons. The molecule has 0 spiro atoms. The lowest BCUT2D eigenvalue weighted by molar-refractivity contribution is 1.73. The van der Waals surface area contributed by atoms with E-state index in [0.717, 1.165) is 0 Å². The Morgan fingerprint density at radius 2 is 0.778 bits per heavy atom. The van der Waals surface area contributed by atoms with Crippen LogP contribution in [0, 0.1) is 0 Å². The molecule has 0 saturated carbocycles. The van der Waals surface area contributed by atoms with Crippen molar-refractivity contribution in [3.63, 3.8) is 0 Å². The van der Waals surface area contributed by atoms with Crippen LogP contribution in [-0.2, 0) is 0 Å². The number of benzene rings is 4. The molecule has 4 aromatic carbocycles. The van der Waals surface area contributed by atoms with Crippen molar-refractivity contribution in [2.24, 2.45) is 0 Å². The monoisotopic (exact) mass is 382 g/mol. The maximum Gasteiger partial charge on any atom is 0.407 e. The molecule has 0 N–H and O–H groups in total. The molecule has 129 valence electrons. The summed E-state index contributed by atoms with van der Waals surface area (Å²) in [6.07, 6.45) is 0. The van der Waals surface area contributed by atoms with Crippen molar-refractivity contribution < 1.29 is 0 Å². The second-order valence-electron chi connectivity index (χ2n) is 6.37. The Kier molecular flexibility index (Phi) is 5.83. The predicted octanol–water partition coefficient (Wildman–Crippen LogP) is 4.52. The fourth-order valence-electron chi connectivity index (χ4n) is 3.37. The molecule has 27 heavy (non-hydrogen) atoms. The van der Waals surface area contributed by atoms with Gasteiger partial charge in [-0.25, -0.2) is 0 Å². The van der Waals surface area contributed by atoms with E-state index in [1.807, 2.05) is 0 Å². The SMILES string of the molecule is [B](Pc1ccccc1)[P+](c1ccccc1)(c1ccccc1)c1ccccc1. The first kappa shape index (κ1) is 18.2. The molecular formula is C24H21BP2+. The van der Waals surface area contributed by atoms with Crippen molar-refractivity contribution >= 4 is 43.5 Å². The fourth-order valence-corrected chi connectivity index (χ4v) is 9.73. The standard InChI is InChI=1S/C24H21BP2/c1-5-13-21(14-6-1)26-25-27(22-15-7-2-8-16-22,23-17-9-3-10-18-23)24-19-11-4-12-20-24/h1-20,26H/q+1. The van der Waals surface area contributed by atoms with E-state index in [1.54, 1.807) is 0 Å². The quantitative estimate of drug-likeness (QED) is 0.340. The number of rotatable bonds is 6. The smallest absolute Gasteiger partial charge is 0.0776 e. The third kappa shape index (κ3) is 3.91. The minimum absolute atomic E-state index is 0.657. The summed E-state index contributed by atoms with van der Waals surface area (Å²) < 4.78 is 0. The molecule has 1 unspecified atom stereocenters. The van der Waals surface area contributed by atoms with Crippen molar-refractivity contribution in [1.82, 2.24) is 0 Å².